The maximum absolute atomic E-state index is 6.08. The summed E-state index contributed by atoms with van der Waals surface area (Å²) in [6.45, 7) is 13.9. The fourth-order valence-corrected chi connectivity index (χ4v) is 7.81. The van der Waals surface area contributed by atoms with Crippen molar-refractivity contribution in [3.63, 3.8) is 0 Å². The molecule has 0 aromatic heterocycles. The molecule has 0 aliphatic rings. The summed E-state index contributed by atoms with van der Waals surface area (Å²) in [5, 5.41) is 0.160. The van der Waals surface area contributed by atoms with E-state index in [-0.39, 0.29) is 5.04 Å². The molecule has 0 heterocycles. The Morgan fingerprint density at radius 1 is 1.00 bits per heavy atom. The molecule has 0 bridgehead atoms. The normalized spacial score (nSPS) is 14.8. The van der Waals surface area contributed by atoms with Crippen LogP contribution in [0.1, 0.15) is 73.6 Å². The molecule has 3 heteroatoms. The van der Waals surface area contributed by atoms with Gasteiger partial charge in [0.25, 0.3) is 0 Å². The molecule has 0 spiro atoms. The minimum absolute atomic E-state index is 0.160. The molecule has 0 aromatic rings. The van der Waals surface area contributed by atoms with Crippen molar-refractivity contribution in [2.45, 2.75) is 84.7 Å². The van der Waals surface area contributed by atoms with E-state index in [0.29, 0.717) is 0 Å². The zero-order chi connectivity index (χ0) is 15.8. The fourth-order valence-electron chi connectivity index (χ4n) is 3.66. The highest BCUT2D eigenvalue weighted by Gasteiger charge is 2.51. The predicted molar refractivity (Wildman–Crippen MR) is 91.4 cm³/mol. The largest absolute Gasteiger partial charge is 0.397 e. The Balaban J connectivity index is 5.09. The molecule has 0 saturated heterocycles. The Morgan fingerprint density at radius 3 is 1.85 bits per heavy atom. The van der Waals surface area contributed by atoms with Gasteiger partial charge in [0, 0.05) is 19.3 Å². The molecule has 0 N–H and O–H groups in total. The molecule has 0 amide bonds. The molecule has 0 rings (SSSR count). The zero-order valence-electron chi connectivity index (χ0n) is 15.2. The summed E-state index contributed by atoms with van der Waals surface area (Å²) in [5.74, 6) is 1.47. The van der Waals surface area contributed by atoms with Crippen molar-refractivity contribution in [3.05, 3.63) is 0 Å². The maximum atomic E-state index is 6.08. The van der Waals surface area contributed by atoms with Gasteiger partial charge in [-0.3, -0.25) is 0 Å². The lowest BCUT2D eigenvalue weighted by atomic mass is 9.94. The summed E-state index contributed by atoms with van der Waals surface area (Å²) >= 11 is 0. The van der Waals surface area contributed by atoms with Gasteiger partial charge in [-0.15, -0.1) is 0 Å². The quantitative estimate of drug-likeness (QED) is 0.451. The van der Waals surface area contributed by atoms with Crippen LogP contribution < -0.4 is 0 Å². The van der Waals surface area contributed by atoms with Gasteiger partial charge in [0.2, 0.25) is 0 Å². The third-order valence-corrected chi connectivity index (χ3v) is 9.74. The molecule has 1 atom stereocenters. The van der Waals surface area contributed by atoms with Gasteiger partial charge >= 0.3 is 8.56 Å². The van der Waals surface area contributed by atoms with Crippen molar-refractivity contribution in [2.24, 2.45) is 11.8 Å². The van der Waals surface area contributed by atoms with Gasteiger partial charge < -0.3 is 8.85 Å². The molecular weight excluding hydrogens is 264 g/mol. The molecule has 0 fully saturated rings. The van der Waals surface area contributed by atoms with Crippen molar-refractivity contribution in [2.75, 3.05) is 14.2 Å². The summed E-state index contributed by atoms with van der Waals surface area (Å²) < 4.78 is 12.2. The summed E-state index contributed by atoms with van der Waals surface area (Å²) in [7, 11) is 1.56. The van der Waals surface area contributed by atoms with Crippen LogP contribution >= 0.6 is 0 Å². The Kier molecular flexibility index (Phi) is 9.28. The number of hydrogen-bond donors (Lipinski definition) is 0. The van der Waals surface area contributed by atoms with Gasteiger partial charge in [-0.1, -0.05) is 67.2 Å². The van der Waals surface area contributed by atoms with Crippen molar-refractivity contribution in [1.82, 2.24) is 0 Å². The first-order chi connectivity index (χ1) is 9.32. The lowest BCUT2D eigenvalue weighted by Crippen LogP contribution is -2.51. The summed E-state index contributed by atoms with van der Waals surface area (Å²) in [6, 6.07) is 1.12. The monoisotopic (exact) mass is 302 g/mol. The van der Waals surface area contributed by atoms with E-state index >= 15 is 0 Å². The molecular formula is C17H38O2Si. The molecule has 0 aliphatic carbocycles. The van der Waals surface area contributed by atoms with Crippen LogP contribution in [0.2, 0.25) is 11.1 Å². The molecule has 1 unspecified atom stereocenters. The van der Waals surface area contributed by atoms with E-state index < -0.39 is 8.56 Å². The van der Waals surface area contributed by atoms with E-state index in [0.717, 1.165) is 17.9 Å². The summed E-state index contributed by atoms with van der Waals surface area (Å²) in [4.78, 5) is 0. The minimum atomic E-state index is -2.17. The fraction of sp³-hybridized carbons (Fsp3) is 1.00. The molecule has 2 nitrogen and oxygen atoms in total. The van der Waals surface area contributed by atoms with Crippen LogP contribution in [0.25, 0.3) is 0 Å². The summed E-state index contributed by atoms with van der Waals surface area (Å²) in [6.07, 6.45) is 6.21. The van der Waals surface area contributed by atoms with E-state index in [4.69, 9.17) is 8.85 Å². The van der Waals surface area contributed by atoms with Crippen LogP contribution in [-0.2, 0) is 8.85 Å². The van der Waals surface area contributed by atoms with Crippen molar-refractivity contribution >= 4 is 8.56 Å². The van der Waals surface area contributed by atoms with Gasteiger partial charge in [-0.2, -0.15) is 0 Å². The first-order valence-corrected chi connectivity index (χ1v) is 10.4. The van der Waals surface area contributed by atoms with Crippen LogP contribution in [0.5, 0.6) is 0 Å². The maximum Gasteiger partial charge on any atom is 0.343 e. The topological polar surface area (TPSA) is 18.5 Å². The Labute approximate surface area is 128 Å². The average molecular weight is 303 g/mol. The van der Waals surface area contributed by atoms with Crippen LogP contribution in [0.4, 0.5) is 0 Å². The van der Waals surface area contributed by atoms with Crippen molar-refractivity contribution in [3.8, 4) is 0 Å². The standard InChI is InChI=1S/C17H38O2Si/c1-9-12-15(4)13-17(5,6)20(18-7,19-8)14-16(10-2)11-3/h15-16H,9-14H2,1-8H3. The Morgan fingerprint density at radius 2 is 1.50 bits per heavy atom. The van der Waals surface area contributed by atoms with Crippen LogP contribution in [0.3, 0.4) is 0 Å². The van der Waals surface area contributed by atoms with Crippen molar-refractivity contribution in [1.29, 1.82) is 0 Å². The first kappa shape index (κ1) is 20.1. The predicted octanol–water partition coefficient (Wildman–Crippen LogP) is 5.76. The second kappa shape index (κ2) is 9.21. The Bertz CT molecular complexity index is 245. The molecule has 0 aromatic carbocycles. The molecule has 20 heavy (non-hydrogen) atoms. The van der Waals surface area contributed by atoms with Gasteiger partial charge in [-0.25, -0.2) is 0 Å². The number of hydrogen-bond acceptors (Lipinski definition) is 2. The third-order valence-electron chi connectivity index (χ3n) is 5.04. The lowest BCUT2D eigenvalue weighted by Gasteiger charge is -2.44. The second-order valence-electron chi connectivity index (χ2n) is 7.03. The van der Waals surface area contributed by atoms with E-state index in [1.807, 2.05) is 14.2 Å². The average Bonchev–Trinajstić information content (AvgIpc) is 2.40. The first-order valence-electron chi connectivity index (χ1n) is 8.42. The van der Waals surface area contributed by atoms with E-state index in [9.17, 15) is 0 Å². The SMILES string of the molecule is CCCC(C)CC(C)(C)[Si](CC(CC)CC)(OC)OC. The van der Waals surface area contributed by atoms with Gasteiger partial charge in [0.1, 0.15) is 0 Å². The molecule has 0 radical (unpaired) electrons. The number of rotatable bonds is 11. The van der Waals surface area contributed by atoms with Crippen molar-refractivity contribution < 1.29 is 8.85 Å². The third kappa shape index (κ3) is 5.16. The second-order valence-corrected chi connectivity index (χ2v) is 11.1. The summed E-state index contributed by atoms with van der Waals surface area (Å²) in [5.41, 5.74) is 0. The van der Waals surface area contributed by atoms with Crippen LogP contribution in [-0.4, -0.2) is 22.8 Å². The zero-order valence-corrected chi connectivity index (χ0v) is 16.2. The molecule has 122 valence electrons. The van der Waals surface area contributed by atoms with E-state index in [2.05, 4.69) is 41.5 Å². The highest BCUT2D eigenvalue weighted by Crippen LogP contribution is 2.48. The van der Waals surface area contributed by atoms with Gasteiger partial charge in [0.15, 0.2) is 0 Å². The van der Waals surface area contributed by atoms with E-state index in [1.54, 1.807) is 0 Å². The smallest absolute Gasteiger partial charge is 0.343 e. The van der Waals surface area contributed by atoms with Gasteiger partial charge in [-0.05, 0) is 24.3 Å². The Hall–Kier alpha value is 0.137. The highest BCUT2D eigenvalue weighted by atomic mass is 28.4. The van der Waals surface area contributed by atoms with Crippen LogP contribution in [0.15, 0.2) is 0 Å². The highest BCUT2D eigenvalue weighted by molar-refractivity contribution is 6.70. The van der Waals surface area contributed by atoms with E-state index in [1.165, 1.54) is 32.1 Å². The minimum Gasteiger partial charge on any atom is -0.397 e. The molecule has 0 aliphatic heterocycles. The van der Waals surface area contributed by atoms with Crippen LogP contribution in [0, 0.1) is 11.8 Å². The lowest BCUT2D eigenvalue weighted by molar-refractivity contribution is 0.189. The molecule has 0 saturated carbocycles. The van der Waals surface area contributed by atoms with Gasteiger partial charge in [0.05, 0.1) is 0 Å².